The summed E-state index contributed by atoms with van der Waals surface area (Å²) in [6, 6.07) is 2.48. The molecule has 0 aromatic carbocycles. The van der Waals surface area contributed by atoms with E-state index in [-0.39, 0.29) is 5.41 Å². The molecular weight excluding hydrogens is 160 g/mol. The zero-order chi connectivity index (χ0) is 9.15. The van der Waals surface area contributed by atoms with Crippen molar-refractivity contribution < 1.29 is 0 Å². The summed E-state index contributed by atoms with van der Waals surface area (Å²) in [6.07, 6.45) is 7.72. The van der Waals surface area contributed by atoms with Gasteiger partial charge in [0.1, 0.15) is 0 Å². The second-order valence-electron chi connectivity index (χ2n) is 4.58. The fourth-order valence-corrected chi connectivity index (χ4v) is 2.18. The minimum atomic E-state index is 0.0737. The van der Waals surface area contributed by atoms with Crippen molar-refractivity contribution in [3.63, 3.8) is 0 Å². The summed E-state index contributed by atoms with van der Waals surface area (Å²) in [5.41, 5.74) is 0.0737. The molecule has 2 aliphatic rings. The average molecular weight is 178 g/mol. The molecule has 0 bridgehead atoms. The van der Waals surface area contributed by atoms with Crippen LogP contribution in [0.2, 0.25) is 0 Å². The molecule has 0 radical (unpaired) electrons. The van der Waals surface area contributed by atoms with Gasteiger partial charge in [-0.05, 0) is 38.8 Å². The quantitative estimate of drug-likeness (QED) is 0.648. The second-order valence-corrected chi connectivity index (χ2v) is 4.58. The molecule has 1 aliphatic heterocycles. The van der Waals surface area contributed by atoms with E-state index < -0.39 is 0 Å². The van der Waals surface area contributed by atoms with Gasteiger partial charge in [0.2, 0.25) is 0 Å². The van der Waals surface area contributed by atoms with Gasteiger partial charge in [-0.25, -0.2) is 0 Å². The molecule has 0 unspecified atom stereocenters. The molecule has 0 amide bonds. The SMILES string of the molecule is N#CC1(CN2CCCCCC2)CC1. The zero-order valence-electron chi connectivity index (χ0n) is 8.26. The minimum Gasteiger partial charge on any atom is -0.302 e. The van der Waals surface area contributed by atoms with Gasteiger partial charge in [0, 0.05) is 6.54 Å². The van der Waals surface area contributed by atoms with E-state index in [0.717, 1.165) is 19.4 Å². The molecule has 1 saturated carbocycles. The van der Waals surface area contributed by atoms with Crippen LogP contribution >= 0.6 is 0 Å². The van der Waals surface area contributed by atoms with Gasteiger partial charge in [0.05, 0.1) is 11.5 Å². The van der Waals surface area contributed by atoms with E-state index in [2.05, 4.69) is 11.0 Å². The highest BCUT2D eigenvalue weighted by Gasteiger charge is 2.44. The first kappa shape index (κ1) is 9.02. The van der Waals surface area contributed by atoms with Crippen molar-refractivity contribution in [1.82, 2.24) is 4.90 Å². The average Bonchev–Trinajstić information content (AvgIpc) is 2.92. The maximum atomic E-state index is 8.98. The topological polar surface area (TPSA) is 27.0 Å². The summed E-state index contributed by atoms with van der Waals surface area (Å²) in [7, 11) is 0. The first-order valence-corrected chi connectivity index (χ1v) is 5.48. The number of likely N-dealkylation sites (tertiary alicyclic amines) is 1. The predicted molar refractivity (Wildman–Crippen MR) is 52.2 cm³/mol. The Hall–Kier alpha value is -0.550. The lowest BCUT2D eigenvalue weighted by atomic mass is 10.1. The van der Waals surface area contributed by atoms with Gasteiger partial charge in [-0.2, -0.15) is 5.26 Å². The highest BCUT2D eigenvalue weighted by molar-refractivity contribution is 5.11. The zero-order valence-corrected chi connectivity index (χ0v) is 8.26. The number of rotatable bonds is 2. The minimum absolute atomic E-state index is 0.0737. The van der Waals surface area contributed by atoms with Crippen LogP contribution in [0.25, 0.3) is 0 Å². The Labute approximate surface area is 80.5 Å². The lowest BCUT2D eigenvalue weighted by Gasteiger charge is -2.21. The first-order chi connectivity index (χ1) is 6.35. The monoisotopic (exact) mass is 178 g/mol. The Morgan fingerprint density at radius 1 is 1.08 bits per heavy atom. The van der Waals surface area contributed by atoms with Crippen LogP contribution in [0, 0.1) is 16.7 Å². The van der Waals surface area contributed by atoms with E-state index in [9.17, 15) is 0 Å². The fourth-order valence-electron chi connectivity index (χ4n) is 2.18. The Morgan fingerprint density at radius 2 is 1.69 bits per heavy atom. The van der Waals surface area contributed by atoms with E-state index in [1.807, 2.05) is 0 Å². The Morgan fingerprint density at radius 3 is 2.15 bits per heavy atom. The van der Waals surface area contributed by atoms with Crippen LogP contribution in [0.5, 0.6) is 0 Å². The van der Waals surface area contributed by atoms with Crippen LogP contribution in [0.1, 0.15) is 38.5 Å². The summed E-state index contributed by atoms with van der Waals surface area (Å²) in [5, 5.41) is 8.98. The lowest BCUT2D eigenvalue weighted by molar-refractivity contribution is 0.252. The number of nitriles is 1. The molecule has 72 valence electrons. The summed E-state index contributed by atoms with van der Waals surface area (Å²) >= 11 is 0. The van der Waals surface area contributed by atoms with Gasteiger partial charge in [0.25, 0.3) is 0 Å². The predicted octanol–water partition coefficient (Wildman–Crippen LogP) is 2.17. The fraction of sp³-hybridized carbons (Fsp3) is 0.909. The molecule has 2 heteroatoms. The van der Waals surface area contributed by atoms with Crippen molar-refractivity contribution >= 4 is 0 Å². The Bertz CT molecular complexity index is 205. The van der Waals surface area contributed by atoms with Gasteiger partial charge in [-0.3, -0.25) is 0 Å². The molecule has 0 aromatic rings. The lowest BCUT2D eigenvalue weighted by Crippen LogP contribution is -2.30. The molecular formula is C11H18N2. The van der Waals surface area contributed by atoms with E-state index >= 15 is 0 Å². The number of hydrogen-bond donors (Lipinski definition) is 0. The third-order valence-electron chi connectivity index (χ3n) is 3.32. The van der Waals surface area contributed by atoms with Crippen LogP contribution < -0.4 is 0 Å². The maximum absolute atomic E-state index is 8.98. The Kier molecular flexibility index (Phi) is 2.55. The molecule has 2 fully saturated rings. The summed E-state index contributed by atoms with van der Waals surface area (Å²) in [5.74, 6) is 0. The first-order valence-electron chi connectivity index (χ1n) is 5.48. The maximum Gasteiger partial charge on any atom is 0.0703 e. The van der Waals surface area contributed by atoms with Crippen LogP contribution in [-0.2, 0) is 0 Å². The van der Waals surface area contributed by atoms with E-state index in [1.165, 1.54) is 38.8 Å². The largest absolute Gasteiger partial charge is 0.302 e. The van der Waals surface area contributed by atoms with Gasteiger partial charge >= 0.3 is 0 Å². The molecule has 0 aromatic heterocycles. The van der Waals surface area contributed by atoms with Crippen molar-refractivity contribution in [2.24, 2.45) is 5.41 Å². The smallest absolute Gasteiger partial charge is 0.0703 e. The number of nitrogens with zero attached hydrogens (tertiary/aromatic N) is 2. The third-order valence-corrected chi connectivity index (χ3v) is 3.32. The van der Waals surface area contributed by atoms with Crippen molar-refractivity contribution in [3.8, 4) is 6.07 Å². The third kappa shape index (κ3) is 2.22. The molecule has 0 spiro atoms. The van der Waals surface area contributed by atoms with Crippen molar-refractivity contribution in [2.45, 2.75) is 38.5 Å². The second kappa shape index (κ2) is 3.67. The van der Waals surface area contributed by atoms with Crippen molar-refractivity contribution in [1.29, 1.82) is 5.26 Å². The van der Waals surface area contributed by atoms with Crippen molar-refractivity contribution in [2.75, 3.05) is 19.6 Å². The van der Waals surface area contributed by atoms with Crippen LogP contribution in [0.4, 0.5) is 0 Å². The van der Waals surface area contributed by atoms with Gasteiger partial charge in [-0.1, -0.05) is 12.8 Å². The Balaban J connectivity index is 1.83. The summed E-state index contributed by atoms with van der Waals surface area (Å²) in [6.45, 7) is 3.50. The highest BCUT2D eigenvalue weighted by atomic mass is 15.1. The molecule has 1 heterocycles. The van der Waals surface area contributed by atoms with Gasteiger partial charge in [-0.15, -0.1) is 0 Å². The standard InChI is InChI=1S/C11H18N2/c12-9-11(5-6-11)10-13-7-3-1-2-4-8-13/h1-8,10H2. The molecule has 13 heavy (non-hydrogen) atoms. The van der Waals surface area contributed by atoms with Crippen LogP contribution in [-0.4, -0.2) is 24.5 Å². The molecule has 1 aliphatic carbocycles. The van der Waals surface area contributed by atoms with Crippen LogP contribution in [0.15, 0.2) is 0 Å². The van der Waals surface area contributed by atoms with Crippen molar-refractivity contribution in [3.05, 3.63) is 0 Å². The molecule has 2 nitrogen and oxygen atoms in total. The molecule has 0 atom stereocenters. The molecule has 0 N–H and O–H groups in total. The molecule has 1 saturated heterocycles. The van der Waals surface area contributed by atoms with Gasteiger partial charge < -0.3 is 4.90 Å². The molecule has 2 rings (SSSR count). The van der Waals surface area contributed by atoms with E-state index in [4.69, 9.17) is 5.26 Å². The van der Waals surface area contributed by atoms with Crippen LogP contribution in [0.3, 0.4) is 0 Å². The normalized spacial score (nSPS) is 27.6. The number of hydrogen-bond acceptors (Lipinski definition) is 2. The van der Waals surface area contributed by atoms with Gasteiger partial charge in [0.15, 0.2) is 0 Å². The highest BCUT2D eigenvalue weighted by Crippen LogP contribution is 2.45. The van der Waals surface area contributed by atoms with E-state index in [0.29, 0.717) is 0 Å². The summed E-state index contributed by atoms with van der Waals surface area (Å²) in [4.78, 5) is 2.50. The van der Waals surface area contributed by atoms with E-state index in [1.54, 1.807) is 0 Å². The summed E-state index contributed by atoms with van der Waals surface area (Å²) < 4.78 is 0.